The lowest BCUT2D eigenvalue weighted by atomic mass is 10.0. The van der Waals surface area contributed by atoms with E-state index in [1.165, 1.54) is 40.4 Å². The van der Waals surface area contributed by atoms with Gasteiger partial charge in [0.1, 0.15) is 23.0 Å². The minimum atomic E-state index is -0.631. The van der Waals surface area contributed by atoms with Crippen molar-refractivity contribution in [3.8, 4) is 34.1 Å². The van der Waals surface area contributed by atoms with Crippen LogP contribution in [0.2, 0.25) is 0 Å². The van der Waals surface area contributed by atoms with E-state index in [0.29, 0.717) is 11.3 Å². The molecule has 3 rings (SSSR count). The molecule has 0 atom stereocenters. The van der Waals surface area contributed by atoms with E-state index < -0.39 is 17.4 Å². The molecule has 1 aromatic heterocycles. The first-order valence-corrected chi connectivity index (χ1v) is 8.53. The molecule has 0 spiro atoms. The highest BCUT2D eigenvalue weighted by molar-refractivity contribution is 5.93. The smallest absolute Gasteiger partial charge is 0.308 e. The highest BCUT2D eigenvalue weighted by Crippen LogP contribution is 2.43. The second-order valence-corrected chi connectivity index (χ2v) is 6.00. The van der Waals surface area contributed by atoms with Gasteiger partial charge in [0.2, 0.25) is 11.2 Å². The molecule has 0 fully saturated rings. The van der Waals surface area contributed by atoms with E-state index in [0.717, 1.165) is 0 Å². The van der Waals surface area contributed by atoms with E-state index in [1.807, 2.05) is 0 Å². The Morgan fingerprint density at radius 3 is 2.10 bits per heavy atom. The van der Waals surface area contributed by atoms with Gasteiger partial charge in [0, 0.05) is 19.9 Å². The molecule has 0 amide bonds. The zero-order valence-electron chi connectivity index (χ0n) is 16.2. The zero-order valence-corrected chi connectivity index (χ0v) is 16.2. The fraction of sp³-hybridized carbons (Fsp3) is 0.190. The van der Waals surface area contributed by atoms with E-state index in [2.05, 4.69) is 0 Å². The van der Waals surface area contributed by atoms with Gasteiger partial charge in [0.05, 0.1) is 19.8 Å². The molecule has 3 aromatic rings. The van der Waals surface area contributed by atoms with Gasteiger partial charge in [-0.1, -0.05) is 12.1 Å². The van der Waals surface area contributed by atoms with Crippen LogP contribution < -0.4 is 24.4 Å². The third-order valence-corrected chi connectivity index (χ3v) is 4.04. The average molecular weight is 398 g/mol. The van der Waals surface area contributed by atoms with Crippen LogP contribution in [0.1, 0.15) is 13.8 Å². The predicted octanol–water partition coefficient (Wildman–Crippen LogP) is 3.33. The monoisotopic (exact) mass is 398 g/mol. The van der Waals surface area contributed by atoms with Crippen LogP contribution in [0.3, 0.4) is 0 Å². The van der Waals surface area contributed by atoms with Crippen molar-refractivity contribution >= 4 is 22.9 Å². The third-order valence-electron chi connectivity index (χ3n) is 4.04. The highest BCUT2D eigenvalue weighted by Gasteiger charge is 2.23. The Morgan fingerprint density at radius 2 is 1.55 bits per heavy atom. The Hall–Kier alpha value is -3.81. The molecule has 2 aromatic carbocycles. The Kier molecular flexibility index (Phi) is 5.54. The summed E-state index contributed by atoms with van der Waals surface area (Å²) in [7, 11) is 2.79. The maximum absolute atomic E-state index is 13.2. The minimum Gasteiger partial charge on any atom is -0.493 e. The maximum atomic E-state index is 13.2. The fourth-order valence-electron chi connectivity index (χ4n) is 2.87. The van der Waals surface area contributed by atoms with E-state index in [1.54, 1.807) is 24.3 Å². The summed E-state index contributed by atoms with van der Waals surface area (Å²) >= 11 is 0. The van der Waals surface area contributed by atoms with Crippen LogP contribution in [0, 0.1) is 0 Å². The van der Waals surface area contributed by atoms with Crippen molar-refractivity contribution < 1.29 is 33.0 Å². The number of benzene rings is 2. The predicted molar refractivity (Wildman–Crippen MR) is 104 cm³/mol. The molecule has 29 heavy (non-hydrogen) atoms. The molecule has 0 aliphatic carbocycles. The fourth-order valence-corrected chi connectivity index (χ4v) is 2.87. The van der Waals surface area contributed by atoms with Crippen LogP contribution in [-0.2, 0) is 9.59 Å². The summed E-state index contributed by atoms with van der Waals surface area (Å²) < 4.78 is 26.4. The standard InChI is InChI=1S/C21H18O8/c1-11(22)28-14-7-5-13(6-8-14)15-10-27-16-9-17(25-3)20(26-4)21(29-12(2)23)18(16)19(15)24/h5-10H,1-4H3. The van der Waals surface area contributed by atoms with E-state index in [4.69, 9.17) is 23.4 Å². The van der Waals surface area contributed by atoms with Gasteiger partial charge in [-0.2, -0.15) is 0 Å². The maximum Gasteiger partial charge on any atom is 0.308 e. The van der Waals surface area contributed by atoms with Gasteiger partial charge in [0.15, 0.2) is 11.5 Å². The number of methoxy groups -OCH3 is 2. The number of carbonyl (C=O) groups is 2. The second-order valence-electron chi connectivity index (χ2n) is 6.00. The SMILES string of the molecule is COc1cc2occ(-c3ccc(OC(C)=O)cc3)c(=O)c2c(OC(C)=O)c1OC. The topological polar surface area (TPSA) is 101 Å². The van der Waals surface area contributed by atoms with E-state index in [9.17, 15) is 14.4 Å². The molecule has 0 saturated heterocycles. The number of rotatable bonds is 5. The molecule has 150 valence electrons. The number of carbonyl (C=O) groups excluding carboxylic acids is 2. The van der Waals surface area contributed by atoms with Crippen LogP contribution in [0.4, 0.5) is 0 Å². The largest absolute Gasteiger partial charge is 0.493 e. The summed E-state index contributed by atoms with van der Waals surface area (Å²) in [5.41, 5.74) is 0.500. The lowest BCUT2D eigenvalue weighted by molar-refractivity contribution is -0.132. The van der Waals surface area contributed by atoms with Crippen molar-refractivity contribution in [1.82, 2.24) is 0 Å². The normalized spacial score (nSPS) is 10.5. The van der Waals surface area contributed by atoms with E-state index >= 15 is 0 Å². The molecule has 8 heteroatoms. The van der Waals surface area contributed by atoms with Gasteiger partial charge in [0.25, 0.3) is 0 Å². The zero-order chi connectivity index (χ0) is 21.1. The van der Waals surface area contributed by atoms with Crippen LogP contribution in [0.15, 0.2) is 45.8 Å². The first kappa shape index (κ1) is 19.9. The molecule has 0 aliphatic rings. The summed E-state index contributed by atoms with van der Waals surface area (Å²) in [6.45, 7) is 2.51. The molecule has 0 saturated carbocycles. The quantitative estimate of drug-likeness (QED) is 0.476. The minimum absolute atomic E-state index is 0.0411. The molecule has 0 bridgehead atoms. The Labute approximate surface area is 165 Å². The van der Waals surface area contributed by atoms with Crippen LogP contribution in [0.5, 0.6) is 23.0 Å². The molecule has 8 nitrogen and oxygen atoms in total. The lowest BCUT2D eigenvalue weighted by Crippen LogP contribution is -2.11. The Balaban J connectivity index is 2.24. The molecular formula is C21H18O8. The van der Waals surface area contributed by atoms with Gasteiger partial charge in [-0.3, -0.25) is 14.4 Å². The van der Waals surface area contributed by atoms with Gasteiger partial charge in [-0.05, 0) is 17.7 Å². The van der Waals surface area contributed by atoms with Crippen molar-refractivity contribution in [2.45, 2.75) is 13.8 Å². The first-order chi connectivity index (χ1) is 13.8. The van der Waals surface area contributed by atoms with E-state index in [-0.39, 0.29) is 33.8 Å². The molecule has 0 radical (unpaired) electrons. The number of esters is 2. The van der Waals surface area contributed by atoms with Crippen LogP contribution >= 0.6 is 0 Å². The van der Waals surface area contributed by atoms with Gasteiger partial charge in [-0.25, -0.2) is 0 Å². The van der Waals surface area contributed by atoms with Crippen molar-refractivity contribution in [3.05, 3.63) is 46.8 Å². The summed E-state index contributed by atoms with van der Waals surface area (Å²) in [4.78, 5) is 35.9. The number of ether oxygens (including phenoxy) is 4. The van der Waals surface area contributed by atoms with Crippen molar-refractivity contribution in [3.63, 3.8) is 0 Å². The van der Waals surface area contributed by atoms with Crippen molar-refractivity contribution in [1.29, 1.82) is 0 Å². The lowest BCUT2D eigenvalue weighted by Gasteiger charge is -2.14. The second kappa shape index (κ2) is 8.05. The number of hydrogen-bond donors (Lipinski definition) is 0. The van der Waals surface area contributed by atoms with Crippen LogP contribution in [0.25, 0.3) is 22.1 Å². The summed E-state index contributed by atoms with van der Waals surface area (Å²) in [5, 5.41) is 0.0411. The molecule has 0 N–H and O–H groups in total. The Bertz CT molecular complexity index is 1140. The van der Waals surface area contributed by atoms with Crippen molar-refractivity contribution in [2.24, 2.45) is 0 Å². The summed E-state index contributed by atoms with van der Waals surface area (Å²) in [6, 6.07) is 7.82. The van der Waals surface area contributed by atoms with Crippen LogP contribution in [-0.4, -0.2) is 26.2 Å². The highest BCUT2D eigenvalue weighted by atomic mass is 16.6. The van der Waals surface area contributed by atoms with Gasteiger partial charge < -0.3 is 23.4 Å². The average Bonchev–Trinajstić information content (AvgIpc) is 2.67. The van der Waals surface area contributed by atoms with Crippen molar-refractivity contribution in [2.75, 3.05) is 14.2 Å². The van der Waals surface area contributed by atoms with Gasteiger partial charge in [-0.15, -0.1) is 0 Å². The molecular weight excluding hydrogens is 380 g/mol. The molecule has 0 aliphatic heterocycles. The number of fused-ring (bicyclic) bond motifs is 1. The Morgan fingerprint density at radius 1 is 0.897 bits per heavy atom. The first-order valence-electron chi connectivity index (χ1n) is 8.53. The summed E-state index contributed by atoms with van der Waals surface area (Å²) in [5.74, 6) is -0.467. The van der Waals surface area contributed by atoms with Gasteiger partial charge >= 0.3 is 11.9 Å². The summed E-state index contributed by atoms with van der Waals surface area (Å²) in [6.07, 6.45) is 1.30. The molecule has 1 heterocycles. The number of hydrogen-bond acceptors (Lipinski definition) is 8. The third kappa shape index (κ3) is 3.91. The molecule has 0 unspecified atom stereocenters.